The van der Waals surface area contributed by atoms with E-state index >= 15 is 0 Å². The molecule has 0 amide bonds. The molecule has 0 spiro atoms. The summed E-state index contributed by atoms with van der Waals surface area (Å²) in [6.07, 6.45) is 7.64. The average molecular weight is 212 g/mol. The number of rotatable bonds is 5. The summed E-state index contributed by atoms with van der Waals surface area (Å²) in [7, 11) is 0. The highest BCUT2D eigenvalue weighted by Gasteiger charge is 2.35. The van der Waals surface area contributed by atoms with Crippen LogP contribution in [0.25, 0.3) is 0 Å². The van der Waals surface area contributed by atoms with Gasteiger partial charge >= 0.3 is 0 Å². The van der Waals surface area contributed by atoms with E-state index in [2.05, 4.69) is 25.7 Å². The van der Waals surface area contributed by atoms with Gasteiger partial charge in [-0.3, -0.25) is 4.90 Å². The molecule has 0 radical (unpaired) electrons. The van der Waals surface area contributed by atoms with Gasteiger partial charge < -0.3 is 5.73 Å². The predicted molar refractivity (Wildman–Crippen MR) is 67.0 cm³/mol. The predicted octanol–water partition coefficient (Wildman–Crippen LogP) is 2.77. The van der Waals surface area contributed by atoms with Crippen molar-refractivity contribution < 1.29 is 0 Å². The van der Waals surface area contributed by atoms with E-state index in [1.807, 2.05) is 0 Å². The SMILES string of the molecule is CCCC(N)C(C)(CC)N1CCCCC1. The van der Waals surface area contributed by atoms with Gasteiger partial charge in [0, 0.05) is 11.6 Å². The first-order valence-corrected chi connectivity index (χ1v) is 6.65. The first-order valence-electron chi connectivity index (χ1n) is 6.65. The topological polar surface area (TPSA) is 29.3 Å². The molecule has 15 heavy (non-hydrogen) atoms. The van der Waals surface area contributed by atoms with Crippen molar-refractivity contribution in [3.8, 4) is 0 Å². The number of hydrogen-bond acceptors (Lipinski definition) is 2. The van der Waals surface area contributed by atoms with Gasteiger partial charge in [0.1, 0.15) is 0 Å². The van der Waals surface area contributed by atoms with E-state index in [0.717, 1.165) is 6.42 Å². The maximum absolute atomic E-state index is 6.36. The van der Waals surface area contributed by atoms with Crippen LogP contribution in [0.15, 0.2) is 0 Å². The molecule has 1 heterocycles. The zero-order chi connectivity index (χ0) is 11.3. The Morgan fingerprint density at radius 2 is 1.80 bits per heavy atom. The summed E-state index contributed by atoms with van der Waals surface area (Å²) in [4.78, 5) is 2.64. The molecule has 1 aliphatic heterocycles. The molecule has 1 rings (SSSR count). The molecule has 0 bridgehead atoms. The molecule has 1 saturated heterocycles. The van der Waals surface area contributed by atoms with Crippen molar-refractivity contribution in [1.29, 1.82) is 0 Å². The number of piperidine rings is 1. The lowest BCUT2D eigenvalue weighted by atomic mass is 9.84. The Morgan fingerprint density at radius 1 is 1.20 bits per heavy atom. The Hall–Kier alpha value is -0.0800. The highest BCUT2D eigenvalue weighted by atomic mass is 15.2. The molecule has 2 heteroatoms. The molecule has 2 nitrogen and oxygen atoms in total. The Bertz CT molecular complexity index is 175. The van der Waals surface area contributed by atoms with Crippen LogP contribution in [-0.2, 0) is 0 Å². The van der Waals surface area contributed by atoms with Crippen molar-refractivity contribution in [2.24, 2.45) is 5.73 Å². The van der Waals surface area contributed by atoms with Gasteiger partial charge in [0.15, 0.2) is 0 Å². The van der Waals surface area contributed by atoms with Crippen molar-refractivity contribution in [3.63, 3.8) is 0 Å². The van der Waals surface area contributed by atoms with Gasteiger partial charge in [0.25, 0.3) is 0 Å². The highest BCUT2D eigenvalue weighted by Crippen LogP contribution is 2.28. The van der Waals surface area contributed by atoms with E-state index in [9.17, 15) is 0 Å². The lowest BCUT2D eigenvalue weighted by Crippen LogP contribution is -2.59. The number of nitrogens with two attached hydrogens (primary N) is 1. The van der Waals surface area contributed by atoms with Gasteiger partial charge in [-0.25, -0.2) is 0 Å². The summed E-state index contributed by atoms with van der Waals surface area (Å²) in [6.45, 7) is 9.37. The van der Waals surface area contributed by atoms with Crippen LogP contribution in [-0.4, -0.2) is 29.6 Å². The second-order valence-electron chi connectivity index (χ2n) is 5.15. The molecule has 2 atom stereocenters. The molecule has 0 aromatic carbocycles. The van der Waals surface area contributed by atoms with E-state index in [4.69, 9.17) is 5.73 Å². The molecule has 2 unspecified atom stereocenters. The summed E-state index contributed by atoms with van der Waals surface area (Å²) in [5.74, 6) is 0. The molecular formula is C13H28N2. The molecule has 0 aromatic heterocycles. The summed E-state index contributed by atoms with van der Waals surface area (Å²) < 4.78 is 0. The van der Waals surface area contributed by atoms with Crippen LogP contribution in [0.2, 0.25) is 0 Å². The van der Waals surface area contributed by atoms with Crippen molar-refractivity contribution in [2.75, 3.05) is 13.1 Å². The molecule has 1 aliphatic rings. The summed E-state index contributed by atoms with van der Waals surface area (Å²) >= 11 is 0. The fourth-order valence-corrected chi connectivity index (χ4v) is 2.75. The minimum absolute atomic E-state index is 0.233. The first-order chi connectivity index (χ1) is 7.15. The monoisotopic (exact) mass is 212 g/mol. The lowest BCUT2D eigenvalue weighted by Gasteiger charge is -2.46. The van der Waals surface area contributed by atoms with Crippen molar-refractivity contribution in [3.05, 3.63) is 0 Å². The molecule has 0 aliphatic carbocycles. The van der Waals surface area contributed by atoms with Crippen LogP contribution < -0.4 is 5.73 Å². The quantitative estimate of drug-likeness (QED) is 0.759. The fraction of sp³-hybridized carbons (Fsp3) is 1.00. The Balaban J connectivity index is 2.63. The lowest BCUT2D eigenvalue weighted by molar-refractivity contribution is 0.0520. The van der Waals surface area contributed by atoms with Crippen LogP contribution in [0, 0.1) is 0 Å². The maximum Gasteiger partial charge on any atom is 0.0329 e. The minimum atomic E-state index is 0.233. The zero-order valence-electron chi connectivity index (χ0n) is 10.8. The number of likely N-dealkylation sites (tertiary alicyclic amines) is 1. The van der Waals surface area contributed by atoms with E-state index in [1.165, 1.54) is 45.2 Å². The van der Waals surface area contributed by atoms with Crippen molar-refractivity contribution in [2.45, 2.75) is 70.9 Å². The minimum Gasteiger partial charge on any atom is -0.326 e. The second-order valence-corrected chi connectivity index (χ2v) is 5.15. The van der Waals surface area contributed by atoms with E-state index in [1.54, 1.807) is 0 Å². The molecule has 0 aromatic rings. The maximum atomic E-state index is 6.36. The Kier molecular flexibility index (Phi) is 5.07. The van der Waals surface area contributed by atoms with Crippen LogP contribution >= 0.6 is 0 Å². The van der Waals surface area contributed by atoms with E-state index in [-0.39, 0.29) is 5.54 Å². The van der Waals surface area contributed by atoms with Gasteiger partial charge in [0.2, 0.25) is 0 Å². The number of hydrogen-bond donors (Lipinski definition) is 1. The zero-order valence-corrected chi connectivity index (χ0v) is 10.8. The summed E-state index contributed by atoms with van der Waals surface area (Å²) in [6, 6.07) is 0.339. The fourth-order valence-electron chi connectivity index (χ4n) is 2.75. The van der Waals surface area contributed by atoms with E-state index < -0.39 is 0 Å². The van der Waals surface area contributed by atoms with Gasteiger partial charge in [-0.2, -0.15) is 0 Å². The Morgan fingerprint density at radius 3 is 2.27 bits per heavy atom. The molecular weight excluding hydrogens is 184 g/mol. The van der Waals surface area contributed by atoms with Crippen molar-refractivity contribution in [1.82, 2.24) is 4.90 Å². The van der Waals surface area contributed by atoms with Crippen molar-refractivity contribution >= 4 is 0 Å². The van der Waals surface area contributed by atoms with Crippen LogP contribution in [0.1, 0.15) is 59.3 Å². The molecule has 1 fully saturated rings. The van der Waals surface area contributed by atoms with Gasteiger partial charge in [-0.15, -0.1) is 0 Å². The smallest absolute Gasteiger partial charge is 0.0329 e. The van der Waals surface area contributed by atoms with Gasteiger partial charge in [-0.05, 0) is 45.7 Å². The molecule has 0 saturated carbocycles. The first kappa shape index (κ1) is 13.0. The standard InChI is InChI=1S/C13H28N2/c1-4-9-12(14)13(3,5-2)15-10-7-6-8-11-15/h12H,4-11,14H2,1-3H3. The van der Waals surface area contributed by atoms with Crippen LogP contribution in [0.5, 0.6) is 0 Å². The normalized spacial score (nSPS) is 24.8. The summed E-state index contributed by atoms with van der Waals surface area (Å²) in [5.41, 5.74) is 6.59. The highest BCUT2D eigenvalue weighted by molar-refractivity contribution is 4.95. The van der Waals surface area contributed by atoms with Gasteiger partial charge in [-0.1, -0.05) is 26.7 Å². The third-order valence-corrected chi connectivity index (χ3v) is 4.19. The molecule has 2 N–H and O–H groups in total. The number of nitrogens with zero attached hydrogens (tertiary/aromatic N) is 1. The van der Waals surface area contributed by atoms with E-state index in [0.29, 0.717) is 6.04 Å². The Labute approximate surface area is 95.2 Å². The third-order valence-electron chi connectivity index (χ3n) is 4.19. The third kappa shape index (κ3) is 2.94. The largest absolute Gasteiger partial charge is 0.326 e. The summed E-state index contributed by atoms with van der Waals surface area (Å²) in [5, 5.41) is 0. The second kappa shape index (κ2) is 5.86. The van der Waals surface area contributed by atoms with Gasteiger partial charge in [0.05, 0.1) is 0 Å². The van der Waals surface area contributed by atoms with Crippen LogP contribution in [0.3, 0.4) is 0 Å². The average Bonchev–Trinajstić information content (AvgIpc) is 2.29. The van der Waals surface area contributed by atoms with Crippen LogP contribution in [0.4, 0.5) is 0 Å². The molecule has 90 valence electrons.